The van der Waals surface area contributed by atoms with Crippen molar-refractivity contribution in [1.29, 1.82) is 0 Å². The van der Waals surface area contributed by atoms with E-state index in [-0.39, 0.29) is 6.04 Å². The summed E-state index contributed by atoms with van der Waals surface area (Å²) in [6.45, 7) is 8.35. The number of unbranched alkanes of at least 4 members (excludes halogenated alkanes) is 1. The molecule has 0 aromatic heterocycles. The molecule has 0 fully saturated rings. The lowest BCUT2D eigenvalue weighted by atomic mass is 10.3. The molecule has 0 saturated carbocycles. The van der Waals surface area contributed by atoms with Gasteiger partial charge in [-0.05, 0) is 71.9 Å². The number of hydrogen-bond acceptors (Lipinski definition) is 6. The normalized spacial score (nSPS) is 11.8. The summed E-state index contributed by atoms with van der Waals surface area (Å²) in [6, 6.07) is 0.162. The lowest BCUT2D eigenvalue weighted by Crippen LogP contribution is -2.25. The van der Waals surface area contributed by atoms with E-state index in [1.54, 1.807) is 0 Å². The van der Waals surface area contributed by atoms with Crippen LogP contribution in [0.15, 0.2) is 0 Å². The standard InChI is InChI=1S/C10H26N4.C3H10N2/c11-5-3-9-13-7-1-2-8-14-10-4-6-12;1-3(5)2-4/h13-14H,1-12H2;3H,2,4-5H2,1H3. The van der Waals surface area contributed by atoms with Gasteiger partial charge in [-0.15, -0.1) is 0 Å². The van der Waals surface area contributed by atoms with Crippen LogP contribution in [0.5, 0.6) is 0 Å². The van der Waals surface area contributed by atoms with E-state index in [9.17, 15) is 0 Å². The Morgan fingerprint density at radius 1 is 0.737 bits per heavy atom. The van der Waals surface area contributed by atoms with Crippen molar-refractivity contribution < 1.29 is 0 Å². The van der Waals surface area contributed by atoms with Crippen molar-refractivity contribution in [3.8, 4) is 0 Å². The predicted octanol–water partition coefficient (Wildman–Crippen LogP) is -1.06. The maximum Gasteiger partial charge on any atom is 0.0134 e. The highest BCUT2D eigenvalue weighted by Gasteiger charge is 1.89. The maximum absolute atomic E-state index is 5.38. The molecule has 0 rings (SSSR count). The molecule has 0 radical (unpaired) electrons. The van der Waals surface area contributed by atoms with Crippen LogP contribution in [0.1, 0.15) is 32.6 Å². The Labute approximate surface area is 119 Å². The van der Waals surface area contributed by atoms with E-state index in [2.05, 4.69) is 10.6 Å². The number of nitrogens with one attached hydrogen (secondary N) is 2. The Balaban J connectivity index is 0. The number of rotatable bonds is 12. The molecule has 10 N–H and O–H groups in total. The molecule has 0 heterocycles. The van der Waals surface area contributed by atoms with Crippen molar-refractivity contribution >= 4 is 0 Å². The van der Waals surface area contributed by atoms with Gasteiger partial charge >= 0.3 is 0 Å². The largest absolute Gasteiger partial charge is 0.330 e. The Bertz CT molecular complexity index is 131. The molecule has 1 unspecified atom stereocenters. The fraction of sp³-hybridized carbons (Fsp3) is 1.00. The number of nitrogens with two attached hydrogens (primary N) is 4. The second-order valence-corrected chi connectivity index (χ2v) is 4.70. The second kappa shape index (κ2) is 20.1. The molecule has 0 amide bonds. The third-order valence-corrected chi connectivity index (χ3v) is 2.44. The third-order valence-electron chi connectivity index (χ3n) is 2.44. The zero-order valence-electron chi connectivity index (χ0n) is 12.7. The smallest absolute Gasteiger partial charge is 0.0134 e. The van der Waals surface area contributed by atoms with Crippen LogP contribution < -0.4 is 33.6 Å². The van der Waals surface area contributed by atoms with Gasteiger partial charge in [-0.3, -0.25) is 0 Å². The first-order valence-corrected chi connectivity index (χ1v) is 7.46. The minimum absolute atomic E-state index is 0.162. The van der Waals surface area contributed by atoms with E-state index in [0.717, 1.165) is 52.1 Å². The van der Waals surface area contributed by atoms with E-state index in [1.807, 2.05) is 6.92 Å². The summed E-state index contributed by atoms with van der Waals surface area (Å²) in [5, 5.41) is 6.72. The fourth-order valence-electron chi connectivity index (χ4n) is 1.20. The molecule has 1 atom stereocenters. The molecule has 0 aliphatic heterocycles. The van der Waals surface area contributed by atoms with Crippen LogP contribution in [0.4, 0.5) is 0 Å². The highest BCUT2D eigenvalue weighted by Crippen LogP contribution is 1.85. The van der Waals surface area contributed by atoms with Crippen molar-refractivity contribution in [1.82, 2.24) is 10.6 Å². The summed E-state index contributed by atoms with van der Waals surface area (Å²) in [5.41, 5.74) is 21.0. The topological polar surface area (TPSA) is 128 Å². The van der Waals surface area contributed by atoms with Gasteiger partial charge in [0.1, 0.15) is 0 Å². The van der Waals surface area contributed by atoms with Crippen LogP contribution in [0.3, 0.4) is 0 Å². The van der Waals surface area contributed by atoms with Gasteiger partial charge in [0.15, 0.2) is 0 Å². The van der Waals surface area contributed by atoms with Gasteiger partial charge < -0.3 is 33.6 Å². The second-order valence-electron chi connectivity index (χ2n) is 4.70. The molecule has 0 aliphatic rings. The van der Waals surface area contributed by atoms with Crippen molar-refractivity contribution in [3.05, 3.63) is 0 Å². The quantitative estimate of drug-likeness (QED) is 0.252. The molecule has 0 bridgehead atoms. The molecule has 0 aliphatic carbocycles. The summed E-state index contributed by atoms with van der Waals surface area (Å²) in [7, 11) is 0. The van der Waals surface area contributed by atoms with Gasteiger partial charge in [0, 0.05) is 12.6 Å². The van der Waals surface area contributed by atoms with Crippen LogP contribution >= 0.6 is 0 Å². The summed E-state index contributed by atoms with van der Waals surface area (Å²) in [6.07, 6.45) is 4.63. The lowest BCUT2D eigenvalue weighted by Gasteiger charge is -2.04. The van der Waals surface area contributed by atoms with Gasteiger partial charge in [-0.2, -0.15) is 0 Å². The summed E-state index contributed by atoms with van der Waals surface area (Å²) >= 11 is 0. The predicted molar refractivity (Wildman–Crippen MR) is 85.0 cm³/mol. The molecule has 0 aromatic rings. The Morgan fingerprint density at radius 2 is 1.05 bits per heavy atom. The highest BCUT2D eigenvalue weighted by molar-refractivity contribution is 4.52. The van der Waals surface area contributed by atoms with Crippen molar-refractivity contribution in [2.24, 2.45) is 22.9 Å². The van der Waals surface area contributed by atoms with Crippen molar-refractivity contribution in [3.63, 3.8) is 0 Å². The maximum atomic E-state index is 5.38. The van der Waals surface area contributed by atoms with Gasteiger partial charge in [-0.25, -0.2) is 0 Å². The molecule has 0 aromatic carbocycles. The van der Waals surface area contributed by atoms with Crippen molar-refractivity contribution in [2.75, 3.05) is 45.8 Å². The first-order chi connectivity index (χ1) is 9.18. The van der Waals surface area contributed by atoms with Gasteiger partial charge in [-0.1, -0.05) is 0 Å². The van der Waals surface area contributed by atoms with E-state index in [0.29, 0.717) is 6.54 Å². The molecule has 118 valence electrons. The Kier molecular flexibility index (Phi) is 22.3. The first-order valence-electron chi connectivity index (χ1n) is 7.46. The fourth-order valence-corrected chi connectivity index (χ4v) is 1.20. The van der Waals surface area contributed by atoms with Gasteiger partial charge in [0.05, 0.1) is 0 Å². The number of hydrogen-bond donors (Lipinski definition) is 6. The van der Waals surface area contributed by atoms with Crippen LogP contribution in [-0.2, 0) is 0 Å². The van der Waals surface area contributed by atoms with Crippen LogP contribution in [0.25, 0.3) is 0 Å². The molecule has 0 spiro atoms. The Morgan fingerprint density at radius 3 is 1.32 bits per heavy atom. The van der Waals surface area contributed by atoms with E-state index in [4.69, 9.17) is 22.9 Å². The first kappa shape index (κ1) is 21.1. The van der Waals surface area contributed by atoms with Crippen LogP contribution in [-0.4, -0.2) is 51.9 Å². The summed E-state index contributed by atoms with van der Waals surface area (Å²) in [4.78, 5) is 0. The monoisotopic (exact) mass is 276 g/mol. The molecule has 6 nitrogen and oxygen atoms in total. The zero-order chi connectivity index (χ0) is 14.8. The molecule has 6 heteroatoms. The Hall–Kier alpha value is -0.240. The molecular weight excluding hydrogens is 240 g/mol. The minimum atomic E-state index is 0.162. The minimum Gasteiger partial charge on any atom is -0.330 e. The molecule has 0 saturated heterocycles. The summed E-state index contributed by atoms with van der Waals surface area (Å²) in [5.74, 6) is 0. The molecule has 19 heavy (non-hydrogen) atoms. The summed E-state index contributed by atoms with van der Waals surface area (Å²) < 4.78 is 0. The van der Waals surface area contributed by atoms with Crippen LogP contribution in [0, 0.1) is 0 Å². The molecular formula is C13H36N6. The van der Waals surface area contributed by atoms with E-state index < -0.39 is 0 Å². The van der Waals surface area contributed by atoms with Gasteiger partial charge in [0.25, 0.3) is 0 Å². The van der Waals surface area contributed by atoms with Crippen molar-refractivity contribution in [2.45, 2.75) is 38.6 Å². The van der Waals surface area contributed by atoms with E-state index >= 15 is 0 Å². The third kappa shape index (κ3) is 27.1. The zero-order valence-corrected chi connectivity index (χ0v) is 12.7. The van der Waals surface area contributed by atoms with E-state index in [1.165, 1.54) is 12.8 Å². The average molecular weight is 276 g/mol. The average Bonchev–Trinajstić information content (AvgIpc) is 2.41. The SMILES string of the molecule is CC(N)CN.NCCCNCCCCNCCCN. The van der Waals surface area contributed by atoms with Gasteiger partial charge in [0.2, 0.25) is 0 Å². The highest BCUT2D eigenvalue weighted by atomic mass is 14.9. The van der Waals surface area contributed by atoms with Crippen LogP contribution in [0.2, 0.25) is 0 Å². The lowest BCUT2D eigenvalue weighted by molar-refractivity contribution is 0.570.